The van der Waals surface area contributed by atoms with Crippen LogP contribution in [0, 0.1) is 5.92 Å². The van der Waals surface area contributed by atoms with E-state index >= 15 is 0 Å². The highest BCUT2D eigenvalue weighted by Gasteiger charge is 1.96. The number of hydrogen-bond acceptors (Lipinski definition) is 3. The zero-order chi connectivity index (χ0) is 9.40. The Balaban J connectivity index is 3.11. The van der Waals surface area contributed by atoms with Crippen LogP contribution in [0.5, 0.6) is 0 Å². The Labute approximate surface area is 78.4 Å². The highest BCUT2D eigenvalue weighted by molar-refractivity contribution is 7.99. The molecule has 0 bridgehead atoms. The molecule has 0 unspecified atom stereocenters. The summed E-state index contributed by atoms with van der Waals surface area (Å²) in [7, 11) is 0. The first-order chi connectivity index (χ1) is 5.66. The SMILES string of the molecule is CC(C)CSCCC/C(N)=N/O. The molecule has 0 fully saturated rings. The second kappa shape index (κ2) is 7.28. The molecule has 0 aromatic heterocycles. The number of oxime groups is 1. The topological polar surface area (TPSA) is 58.6 Å². The van der Waals surface area contributed by atoms with Crippen LogP contribution in [-0.4, -0.2) is 22.5 Å². The normalized spacial score (nSPS) is 12.4. The van der Waals surface area contributed by atoms with E-state index in [9.17, 15) is 0 Å². The van der Waals surface area contributed by atoms with Crippen molar-refractivity contribution >= 4 is 17.6 Å². The van der Waals surface area contributed by atoms with Crippen LogP contribution in [0.4, 0.5) is 0 Å². The van der Waals surface area contributed by atoms with Crippen LogP contribution in [0.1, 0.15) is 26.7 Å². The molecule has 0 saturated carbocycles. The lowest BCUT2D eigenvalue weighted by atomic mass is 10.3. The van der Waals surface area contributed by atoms with Gasteiger partial charge in [0.05, 0.1) is 0 Å². The zero-order valence-electron chi connectivity index (χ0n) is 7.79. The molecule has 3 nitrogen and oxygen atoms in total. The van der Waals surface area contributed by atoms with E-state index in [4.69, 9.17) is 10.9 Å². The van der Waals surface area contributed by atoms with Crippen LogP contribution >= 0.6 is 11.8 Å². The molecule has 0 aromatic rings. The van der Waals surface area contributed by atoms with Crippen LogP contribution in [-0.2, 0) is 0 Å². The number of hydrogen-bond donors (Lipinski definition) is 2. The minimum atomic E-state index is 0.333. The van der Waals surface area contributed by atoms with Gasteiger partial charge in [0.25, 0.3) is 0 Å². The predicted octanol–water partition coefficient (Wildman–Crippen LogP) is 1.90. The standard InChI is InChI=1S/C8H18N2OS/c1-7(2)6-12-5-3-4-8(9)10-11/h7,11H,3-6H2,1-2H3,(H2,9,10). The van der Waals surface area contributed by atoms with Gasteiger partial charge in [0.1, 0.15) is 5.84 Å². The van der Waals surface area contributed by atoms with Gasteiger partial charge in [0.15, 0.2) is 0 Å². The molecule has 0 aliphatic heterocycles. The van der Waals surface area contributed by atoms with Gasteiger partial charge >= 0.3 is 0 Å². The van der Waals surface area contributed by atoms with E-state index in [1.807, 2.05) is 11.8 Å². The van der Waals surface area contributed by atoms with Crippen LogP contribution < -0.4 is 5.73 Å². The van der Waals surface area contributed by atoms with Crippen molar-refractivity contribution in [2.45, 2.75) is 26.7 Å². The van der Waals surface area contributed by atoms with Crippen LogP contribution in [0.15, 0.2) is 5.16 Å². The highest BCUT2D eigenvalue weighted by atomic mass is 32.2. The molecular weight excluding hydrogens is 172 g/mol. The summed E-state index contributed by atoms with van der Waals surface area (Å²) in [5.74, 6) is 3.36. The van der Waals surface area contributed by atoms with Crippen molar-refractivity contribution in [2.24, 2.45) is 16.8 Å². The summed E-state index contributed by atoms with van der Waals surface area (Å²) in [4.78, 5) is 0. The van der Waals surface area contributed by atoms with Crippen molar-refractivity contribution in [3.8, 4) is 0 Å². The maximum absolute atomic E-state index is 8.24. The van der Waals surface area contributed by atoms with Gasteiger partial charge in [-0.3, -0.25) is 0 Å². The third-order valence-electron chi connectivity index (χ3n) is 1.30. The molecule has 3 N–H and O–H groups in total. The smallest absolute Gasteiger partial charge is 0.139 e. The fourth-order valence-corrected chi connectivity index (χ4v) is 1.71. The zero-order valence-corrected chi connectivity index (χ0v) is 8.60. The molecule has 0 aliphatic carbocycles. The van der Waals surface area contributed by atoms with Gasteiger partial charge in [-0.05, 0) is 23.8 Å². The van der Waals surface area contributed by atoms with E-state index in [-0.39, 0.29) is 0 Å². The number of nitrogens with zero attached hydrogens (tertiary/aromatic N) is 1. The second-order valence-electron chi connectivity index (χ2n) is 3.16. The molecule has 4 heteroatoms. The van der Waals surface area contributed by atoms with Crippen molar-refractivity contribution in [1.29, 1.82) is 0 Å². The number of nitrogens with two attached hydrogens (primary N) is 1. The minimum Gasteiger partial charge on any atom is -0.409 e. The summed E-state index contributed by atoms with van der Waals surface area (Å²) in [6.07, 6.45) is 1.69. The lowest BCUT2D eigenvalue weighted by molar-refractivity contribution is 0.317. The Morgan fingerprint density at radius 3 is 2.75 bits per heavy atom. The molecule has 12 heavy (non-hydrogen) atoms. The molecule has 0 amide bonds. The largest absolute Gasteiger partial charge is 0.409 e. The Hall–Kier alpha value is -0.380. The molecule has 0 rings (SSSR count). The van der Waals surface area contributed by atoms with Gasteiger partial charge in [0.2, 0.25) is 0 Å². The van der Waals surface area contributed by atoms with Crippen molar-refractivity contribution < 1.29 is 5.21 Å². The summed E-state index contributed by atoms with van der Waals surface area (Å²) in [5, 5.41) is 11.1. The van der Waals surface area contributed by atoms with Crippen LogP contribution in [0.2, 0.25) is 0 Å². The van der Waals surface area contributed by atoms with E-state index in [0.717, 1.165) is 18.1 Å². The maximum Gasteiger partial charge on any atom is 0.139 e. The van der Waals surface area contributed by atoms with Crippen molar-refractivity contribution in [3.05, 3.63) is 0 Å². The number of amidine groups is 1. The van der Waals surface area contributed by atoms with Gasteiger partial charge in [-0.15, -0.1) is 0 Å². The summed E-state index contributed by atoms with van der Waals surface area (Å²) in [6, 6.07) is 0. The first-order valence-electron chi connectivity index (χ1n) is 4.21. The van der Waals surface area contributed by atoms with Gasteiger partial charge in [-0.25, -0.2) is 0 Å². The van der Waals surface area contributed by atoms with Gasteiger partial charge in [-0.2, -0.15) is 11.8 Å². The third-order valence-corrected chi connectivity index (χ3v) is 2.78. The molecular formula is C8H18N2OS. The van der Waals surface area contributed by atoms with Gasteiger partial charge in [0, 0.05) is 6.42 Å². The van der Waals surface area contributed by atoms with E-state index in [1.54, 1.807) is 0 Å². The lowest BCUT2D eigenvalue weighted by Crippen LogP contribution is -2.11. The predicted molar refractivity (Wildman–Crippen MR) is 54.8 cm³/mol. The quantitative estimate of drug-likeness (QED) is 0.221. The Morgan fingerprint density at radius 1 is 1.58 bits per heavy atom. The fraction of sp³-hybridized carbons (Fsp3) is 0.875. The fourth-order valence-electron chi connectivity index (χ4n) is 0.724. The molecule has 0 heterocycles. The van der Waals surface area contributed by atoms with Gasteiger partial charge in [-0.1, -0.05) is 19.0 Å². The maximum atomic E-state index is 8.24. The Bertz CT molecular complexity index is 137. The van der Waals surface area contributed by atoms with Crippen molar-refractivity contribution in [2.75, 3.05) is 11.5 Å². The van der Waals surface area contributed by atoms with E-state index in [2.05, 4.69) is 19.0 Å². The van der Waals surface area contributed by atoms with E-state index in [0.29, 0.717) is 12.3 Å². The molecule has 0 aliphatic rings. The summed E-state index contributed by atoms with van der Waals surface area (Å²) in [6.45, 7) is 4.41. The first-order valence-corrected chi connectivity index (χ1v) is 5.36. The monoisotopic (exact) mass is 190 g/mol. The summed E-state index contributed by atoms with van der Waals surface area (Å²) >= 11 is 1.92. The summed E-state index contributed by atoms with van der Waals surface area (Å²) in [5.41, 5.74) is 5.31. The van der Waals surface area contributed by atoms with Crippen LogP contribution in [0.25, 0.3) is 0 Å². The Morgan fingerprint density at radius 2 is 2.25 bits per heavy atom. The average molecular weight is 190 g/mol. The third kappa shape index (κ3) is 7.72. The number of rotatable bonds is 6. The minimum absolute atomic E-state index is 0.333. The molecule has 0 aromatic carbocycles. The molecule has 0 spiro atoms. The summed E-state index contributed by atoms with van der Waals surface area (Å²) < 4.78 is 0. The highest BCUT2D eigenvalue weighted by Crippen LogP contribution is 2.09. The molecule has 72 valence electrons. The Kier molecular flexibility index (Phi) is 7.05. The van der Waals surface area contributed by atoms with E-state index in [1.165, 1.54) is 5.75 Å². The number of thioether (sulfide) groups is 1. The average Bonchev–Trinajstić information content (AvgIpc) is 2.03. The first kappa shape index (κ1) is 11.6. The van der Waals surface area contributed by atoms with E-state index < -0.39 is 0 Å². The molecule has 0 saturated heterocycles. The van der Waals surface area contributed by atoms with Gasteiger partial charge < -0.3 is 10.9 Å². The van der Waals surface area contributed by atoms with Crippen molar-refractivity contribution in [1.82, 2.24) is 0 Å². The lowest BCUT2D eigenvalue weighted by Gasteiger charge is -2.03. The van der Waals surface area contributed by atoms with Crippen molar-refractivity contribution in [3.63, 3.8) is 0 Å². The second-order valence-corrected chi connectivity index (χ2v) is 4.31. The van der Waals surface area contributed by atoms with Crippen LogP contribution in [0.3, 0.4) is 0 Å². The molecule has 0 atom stereocenters. The molecule has 0 radical (unpaired) electrons.